The number of anilines is 1. The fourth-order valence-electron chi connectivity index (χ4n) is 3.96. The zero-order valence-corrected chi connectivity index (χ0v) is 18.5. The highest BCUT2D eigenvalue weighted by Crippen LogP contribution is 2.29. The number of nitrogens with one attached hydrogen (secondary N) is 1. The van der Waals surface area contributed by atoms with Crippen LogP contribution in [0, 0.1) is 6.92 Å². The Balaban J connectivity index is 1.65. The van der Waals surface area contributed by atoms with Crippen LogP contribution in [-0.4, -0.2) is 38.8 Å². The van der Waals surface area contributed by atoms with Gasteiger partial charge >= 0.3 is 0 Å². The molecule has 31 heavy (non-hydrogen) atoms. The number of amides is 1. The molecule has 2 aromatic carbocycles. The lowest BCUT2D eigenvalue weighted by molar-refractivity contribution is 0.0992. The molecule has 1 saturated heterocycles. The highest BCUT2D eigenvalue weighted by Gasteiger charge is 2.28. The number of carbonyl (C=O) groups excluding carboxylic acids is 1. The maximum Gasteiger partial charge on any atom is 0.291 e. The number of sulfonamides is 1. The predicted molar refractivity (Wildman–Crippen MR) is 119 cm³/mol. The molecule has 8 heteroatoms. The van der Waals surface area contributed by atoms with E-state index in [2.05, 4.69) is 5.32 Å². The predicted octanol–water partition coefficient (Wildman–Crippen LogP) is 4.31. The molecule has 0 radical (unpaired) electrons. The van der Waals surface area contributed by atoms with E-state index in [1.807, 2.05) is 18.2 Å². The highest BCUT2D eigenvalue weighted by molar-refractivity contribution is 7.89. The summed E-state index contributed by atoms with van der Waals surface area (Å²) < 4.78 is 38.9. The molecule has 0 saturated carbocycles. The monoisotopic (exact) mass is 442 g/mol. The fraction of sp³-hybridized carbons (Fsp3) is 0.348. The van der Waals surface area contributed by atoms with Crippen LogP contribution in [0.4, 0.5) is 5.69 Å². The molecule has 0 unspecified atom stereocenters. The Kier molecular flexibility index (Phi) is 6.13. The number of carbonyl (C=O) groups is 1. The van der Waals surface area contributed by atoms with Crippen LogP contribution in [0.1, 0.15) is 40.9 Å². The van der Waals surface area contributed by atoms with Gasteiger partial charge in [-0.2, -0.15) is 4.31 Å². The van der Waals surface area contributed by atoms with Gasteiger partial charge in [-0.1, -0.05) is 30.7 Å². The first-order chi connectivity index (χ1) is 14.9. The van der Waals surface area contributed by atoms with E-state index >= 15 is 0 Å². The van der Waals surface area contributed by atoms with E-state index < -0.39 is 15.9 Å². The molecule has 0 aliphatic carbocycles. The van der Waals surface area contributed by atoms with Gasteiger partial charge in [0.2, 0.25) is 10.0 Å². The molecule has 7 nitrogen and oxygen atoms in total. The third kappa shape index (κ3) is 4.23. The summed E-state index contributed by atoms with van der Waals surface area (Å²) in [5.74, 6) is -0.294. The SMILES string of the molecule is COCc1c(C(=O)Nc2ccc(C)c(S(=O)(=O)N3CCCCC3)c2)oc2ccccc12. The number of ether oxygens (including phenoxy) is 1. The maximum atomic E-state index is 13.2. The lowest BCUT2D eigenvalue weighted by Gasteiger charge is -2.26. The number of aryl methyl sites for hydroxylation is 1. The maximum absolute atomic E-state index is 13.2. The van der Waals surface area contributed by atoms with Crippen molar-refractivity contribution in [3.8, 4) is 0 Å². The Morgan fingerprint density at radius 1 is 1.13 bits per heavy atom. The number of rotatable bonds is 6. The van der Waals surface area contributed by atoms with Crippen LogP contribution < -0.4 is 5.32 Å². The van der Waals surface area contributed by atoms with Crippen LogP contribution in [0.5, 0.6) is 0 Å². The van der Waals surface area contributed by atoms with Crippen LogP contribution in [0.3, 0.4) is 0 Å². The average molecular weight is 443 g/mol. The summed E-state index contributed by atoms with van der Waals surface area (Å²) in [6, 6.07) is 12.3. The molecule has 1 fully saturated rings. The first-order valence-electron chi connectivity index (χ1n) is 10.3. The molecule has 1 N–H and O–H groups in total. The second-order valence-electron chi connectivity index (χ2n) is 7.74. The largest absolute Gasteiger partial charge is 0.451 e. The van der Waals surface area contributed by atoms with Crippen LogP contribution in [0.15, 0.2) is 51.8 Å². The smallest absolute Gasteiger partial charge is 0.291 e. The molecule has 0 atom stereocenters. The van der Waals surface area contributed by atoms with Crippen molar-refractivity contribution in [2.45, 2.75) is 37.7 Å². The van der Waals surface area contributed by atoms with Crippen molar-refractivity contribution in [1.82, 2.24) is 4.31 Å². The highest BCUT2D eigenvalue weighted by atomic mass is 32.2. The third-order valence-corrected chi connectivity index (χ3v) is 7.61. The number of fused-ring (bicyclic) bond motifs is 1. The summed E-state index contributed by atoms with van der Waals surface area (Å²) in [7, 11) is -2.06. The third-order valence-electron chi connectivity index (χ3n) is 5.57. The summed E-state index contributed by atoms with van der Waals surface area (Å²) >= 11 is 0. The van der Waals surface area contributed by atoms with E-state index in [-0.39, 0.29) is 17.3 Å². The lowest BCUT2D eigenvalue weighted by atomic mass is 10.1. The molecule has 1 amide bonds. The summed E-state index contributed by atoms with van der Waals surface area (Å²) in [4.78, 5) is 13.2. The van der Waals surface area contributed by atoms with E-state index in [1.54, 1.807) is 32.2 Å². The Hall–Kier alpha value is -2.68. The number of nitrogens with zero attached hydrogens (tertiary/aromatic N) is 1. The minimum atomic E-state index is -3.61. The molecule has 4 rings (SSSR count). The van der Waals surface area contributed by atoms with Crippen molar-refractivity contribution >= 4 is 32.6 Å². The van der Waals surface area contributed by atoms with Gasteiger partial charge in [-0.05, 0) is 43.5 Å². The molecule has 1 aliphatic rings. The second-order valence-corrected chi connectivity index (χ2v) is 9.64. The van der Waals surface area contributed by atoms with Gasteiger partial charge in [-0.3, -0.25) is 4.79 Å². The zero-order valence-electron chi connectivity index (χ0n) is 17.7. The number of hydrogen-bond donors (Lipinski definition) is 1. The first kappa shape index (κ1) is 21.5. The topological polar surface area (TPSA) is 88.8 Å². The number of para-hydroxylation sites is 1. The van der Waals surface area contributed by atoms with E-state index in [0.717, 1.165) is 24.6 Å². The zero-order chi connectivity index (χ0) is 22.0. The molecule has 3 aromatic rings. The Morgan fingerprint density at radius 2 is 1.87 bits per heavy atom. The van der Waals surface area contributed by atoms with Gasteiger partial charge < -0.3 is 14.5 Å². The number of furan rings is 1. The Morgan fingerprint density at radius 3 is 2.61 bits per heavy atom. The minimum Gasteiger partial charge on any atom is -0.451 e. The van der Waals surface area contributed by atoms with E-state index in [9.17, 15) is 13.2 Å². The van der Waals surface area contributed by atoms with Gasteiger partial charge in [0, 0.05) is 36.8 Å². The van der Waals surface area contributed by atoms with Gasteiger partial charge in [0.05, 0.1) is 11.5 Å². The van der Waals surface area contributed by atoms with E-state index in [1.165, 1.54) is 10.4 Å². The summed E-state index contributed by atoms with van der Waals surface area (Å²) in [6.07, 6.45) is 2.77. The van der Waals surface area contributed by atoms with Crippen LogP contribution >= 0.6 is 0 Å². The van der Waals surface area contributed by atoms with E-state index in [4.69, 9.17) is 9.15 Å². The summed E-state index contributed by atoms with van der Waals surface area (Å²) in [5.41, 5.74) is 2.29. The molecule has 2 heterocycles. The molecule has 1 aliphatic heterocycles. The lowest BCUT2D eigenvalue weighted by Crippen LogP contribution is -2.36. The first-order valence-corrected chi connectivity index (χ1v) is 11.8. The molecule has 164 valence electrons. The second kappa shape index (κ2) is 8.82. The van der Waals surface area contributed by atoms with Crippen LogP contribution in [0.2, 0.25) is 0 Å². The number of piperidine rings is 1. The molecule has 0 spiro atoms. The minimum absolute atomic E-state index is 0.157. The molecular formula is C23H26N2O5S. The van der Waals surface area contributed by atoms with Crippen LogP contribution in [0.25, 0.3) is 11.0 Å². The molecule has 1 aromatic heterocycles. The number of benzene rings is 2. The Labute approximate surface area is 182 Å². The van der Waals surface area contributed by atoms with Crippen molar-refractivity contribution in [2.75, 3.05) is 25.5 Å². The van der Waals surface area contributed by atoms with Crippen molar-refractivity contribution in [2.24, 2.45) is 0 Å². The standard InChI is InChI=1S/C23H26N2O5S/c1-16-10-11-17(14-21(16)31(27,28)25-12-6-3-7-13-25)24-23(26)22-19(15-29-2)18-8-4-5-9-20(18)30-22/h4-5,8-11,14H,3,6-7,12-13,15H2,1-2H3,(H,24,26). The van der Waals surface area contributed by atoms with Gasteiger partial charge in [0.25, 0.3) is 5.91 Å². The number of methoxy groups -OCH3 is 1. The number of hydrogen-bond acceptors (Lipinski definition) is 5. The van der Waals surface area contributed by atoms with Crippen molar-refractivity contribution in [1.29, 1.82) is 0 Å². The fourth-order valence-corrected chi connectivity index (χ4v) is 5.73. The van der Waals surface area contributed by atoms with Gasteiger partial charge in [0.1, 0.15) is 5.58 Å². The van der Waals surface area contributed by atoms with Crippen LogP contribution in [-0.2, 0) is 21.4 Å². The summed E-state index contributed by atoms with van der Waals surface area (Å²) in [6.45, 7) is 3.04. The average Bonchev–Trinajstić information content (AvgIpc) is 3.15. The van der Waals surface area contributed by atoms with Crippen molar-refractivity contribution < 1.29 is 22.4 Å². The molecule has 0 bridgehead atoms. The van der Waals surface area contributed by atoms with E-state index in [0.29, 0.717) is 35.5 Å². The quantitative estimate of drug-likeness (QED) is 0.614. The molecular weight excluding hydrogens is 416 g/mol. The summed E-state index contributed by atoms with van der Waals surface area (Å²) in [5, 5.41) is 3.60. The normalized spacial score (nSPS) is 15.3. The van der Waals surface area contributed by atoms with Crippen molar-refractivity contribution in [3.05, 3.63) is 59.4 Å². The Bertz CT molecular complexity index is 1210. The van der Waals surface area contributed by atoms with Gasteiger partial charge in [0.15, 0.2) is 5.76 Å². The van der Waals surface area contributed by atoms with Gasteiger partial charge in [-0.25, -0.2) is 8.42 Å². The van der Waals surface area contributed by atoms with Crippen molar-refractivity contribution in [3.63, 3.8) is 0 Å². The van der Waals surface area contributed by atoms with Gasteiger partial charge in [-0.15, -0.1) is 0 Å².